The summed E-state index contributed by atoms with van der Waals surface area (Å²) in [7, 11) is 0. The molecular formula is C21H32O6. The topological polar surface area (TPSA) is 78.9 Å². The van der Waals surface area contributed by atoms with Crippen molar-refractivity contribution in [2.45, 2.75) is 85.0 Å². The van der Waals surface area contributed by atoms with Gasteiger partial charge in [-0.3, -0.25) is 14.4 Å². The van der Waals surface area contributed by atoms with E-state index in [0.29, 0.717) is 19.3 Å². The molecule has 1 saturated carbocycles. The van der Waals surface area contributed by atoms with Gasteiger partial charge in [0.25, 0.3) is 0 Å². The number of rotatable bonds is 4. The van der Waals surface area contributed by atoms with E-state index in [1.165, 1.54) is 20.8 Å². The van der Waals surface area contributed by atoms with Crippen LogP contribution in [-0.4, -0.2) is 35.2 Å². The minimum atomic E-state index is -0.993. The molecule has 0 amide bonds. The van der Waals surface area contributed by atoms with Crippen molar-refractivity contribution in [1.82, 2.24) is 0 Å². The summed E-state index contributed by atoms with van der Waals surface area (Å²) in [6, 6.07) is 0. The van der Waals surface area contributed by atoms with Crippen LogP contribution in [0.2, 0.25) is 0 Å². The summed E-state index contributed by atoms with van der Waals surface area (Å²) in [4.78, 5) is 35.5. The van der Waals surface area contributed by atoms with Crippen molar-refractivity contribution in [1.29, 1.82) is 0 Å². The third-order valence-electron chi connectivity index (χ3n) is 6.07. The van der Waals surface area contributed by atoms with E-state index in [2.05, 4.69) is 19.9 Å². The molecule has 1 fully saturated rings. The van der Waals surface area contributed by atoms with Gasteiger partial charge in [-0.05, 0) is 32.6 Å². The van der Waals surface area contributed by atoms with Crippen molar-refractivity contribution in [3.63, 3.8) is 0 Å². The van der Waals surface area contributed by atoms with E-state index >= 15 is 0 Å². The molecule has 27 heavy (non-hydrogen) atoms. The third kappa shape index (κ3) is 4.36. The van der Waals surface area contributed by atoms with Crippen molar-refractivity contribution in [2.75, 3.05) is 0 Å². The molecule has 2 aliphatic rings. The molecule has 0 bridgehead atoms. The number of hydrogen-bond acceptors (Lipinski definition) is 6. The maximum Gasteiger partial charge on any atom is 0.303 e. The highest BCUT2D eigenvalue weighted by atomic mass is 16.6. The largest absolute Gasteiger partial charge is 0.459 e. The average Bonchev–Trinajstić information content (AvgIpc) is 2.74. The fraction of sp³-hybridized carbons (Fsp3) is 0.762. The molecule has 2 aliphatic carbocycles. The monoisotopic (exact) mass is 380 g/mol. The summed E-state index contributed by atoms with van der Waals surface area (Å²) < 4.78 is 17.2. The number of esters is 3. The lowest BCUT2D eigenvalue weighted by Gasteiger charge is -2.42. The third-order valence-corrected chi connectivity index (χ3v) is 6.07. The number of fused-ring (bicyclic) bond motifs is 1. The van der Waals surface area contributed by atoms with E-state index in [0.717, 1.165) is 5.57 Å². The number of carbonyl (C=O) groups excluding carboxylic acids is 3. The molecule has 0 aromatic heterocycles. The van der Waals surface area contributed by atoms with Gasteiger partial charge in [0, 0.05) is 39.0 Å². The van der Waals surface area contributed by atoms with Crippen molar-refractivity contribution in [3.8, 4) is 0 Å². The smallest absolute Gasteiger partial charge is 0.303 e. The van der Waals surface area contributed by atoms with Gasteiger partial charge in [-0.2, -0.15) is 0 Å². The summed E-state index contributed by atoms with van der Waals surface area (Å²) in [5, 5.41) is 0. The van der Waals surface area contributed by atoms with Crippen molar-refractivity contribution in [2.24, 2.45) is 17.8 Å². The van der Waals surface area contributed by atoms with Gasteiger partial charge in [0.1, 0.15) is 17.3 Å². The van der Waals surface area contributed by atoms with Crippen molar-refractivity contribution >= 4 is 17.9 Å². The zero-order chi connectivity index (χ0) is 20.6. The van der Waals surface area contributed by atoms with Crippen LogP contribution in [0.25, 0.3) is 0 Å². The first-order valence-corrected chi connectivity index (χ1v) is 9.66. The molecule has 152 valence electrons. The number of hydrogen-bond donors (Lipinski definition) is 0. The van der Waals surface area contributed by atoms with Crippen molar-refractivity contribution < 1.29 is 28.6 Å². The Labute approximate surface area is 161 Å². The second-order valence-corrected chi connectivity index (χ2v) is 8.55. The molecule has 0 radical (unpaired) electrons. The van der Waals surface area contributed by atoms with E-state index in [-0.39, 0.29) is 23.7 Å². The van der Waals surface area contributed by atoms with Gasteiger partial charge in [-0.15, -0.1) is 0 Å². The minimum Gasteiger partial charge on any atom is -0.459 e. The van der Waals surface area contributed by atoms with Gasteiger partial charge in [-0.25, -0.2) is 0 Å². The van der Waals surface area contributed by atoms with Crippen molar-refractivity contribution in [3.05, 3.63) is 11.6 Å². The Balaban J connectivity index is 2.57. The van der Waals surface area contributed by atoms with Crippen LogP contribution in [0.3, 0.4) is 0 Å². The molecule has 0 saturated heterocycles. The Kier molecular flexibility index (Phi) is 6.07. The normalized spacial score (nSPS) is 35.7. The molecule has 2 rings (SSSR count). The van der Waals surface area contributed by atoms with Gasteiger partial charge in [-0.1, -0.05) is 25.5 Å². The summed E-state index contributed by atoms with van der Waals surface area (Å²) in [5.41, 5.74) is -0.552. The van der Waals surface area contributed by atoms with Gasteiger partial charge >= 0.3 is 17.9 Å². The van der Waals surface area contributed by atoms with E-state index in [4.69, 9.17) is 14.2 Å². The quantitative estimate of drug-likeness (QED) is 0.421. The molecule has 6 nitrogen and oxygen atoms in total. The van der Waals surface area contributed by atoms with Crippen LogP contribution in [0.4, 0.5) is 0 Å². The van der Waals surface area contributed by atoms with E-state index in [9.17, 15) is 14.4 Å². The van der Waals surface area contributed by atoms with E-state index in [1.807, 2.05) is 13.8 Å². The summed E-state index contributed by atoms with van der Waals surface area (Å²) in [6.45, 7) is 12.1. The van der Waals surface area contributed by atoms with Gasteiger partial charge in [0.05, 0.1) is 0 Å². The van der Waals surface area contributed by atoms with E-state index in [1.54, 1.807) is 0 Å². The predicted octanol–water partition coefficient (Wildman–Crippen LogP) is 3.57. The highest BCUT2D eigenvalue weighted by molar-refractivity contribution is 5.68. The molecular weight excluding hydrogens is 348 g/mol. The van der Waals surface area contributed by atoms with Crippen LogP contribution in [0.5, 0.6) is 0 Å². The molecule has 0 N–H and O–H groups in total. The standard InChI is InChI=1S/C21H32O6/c1-12(2)16-10-18-17(8-9-20(18,6)26-14(4)23)21(7,27-15(5)24)19(11-16)25-13(3)22/h10,12,17-19H,8-9,11H2,1-7H3/t17-,18+,19+,20+,21+/m0/s1. The molecule has 0 unspecified atom stereocenters. The Morgan fingerprint density at radius 2 is 1.63 bits per heavy atom. The fourth-order valence-electron chi connectivity index (χ4n) is 4.79. The summed E-state index contributed by atoms with van der Waals surface area (Å²) >= 11 is 0. The zero-order valence-electron chi connectivity index (χ0n) is 17.5. The molecule has 0 heterocycles. The Hall–Kier alpha value is -1.85. The summed E-state index contributed by atoms with van der Waals surface area (Å²) in [6.07, 6.45) is 3.44. The first-order chi connectivity index (χ1) is 12.4. The van der Waals surface area contributed by atoms with Gasteiger partial charge in [0.2, 0.25) is 0 Å². The van der Waals surface area contributed by atoms with Crippen LogP contribution in [-0.2, 0) is 28.6 Å². The number of ether oxygens (including phenoxy) is 3. The molecule has 6 heteroatoms. The zero-order valence-corrected chi connectivity index (χ0v) is 17.5. The lowest BCUT2D eigenvalue weighted by atomic mass is 9.76. The average molecular weight is 380 g/mol. The maximum absolute atomic E-state index is 11.9. The van der Waals surface area contributed by atoms with Crippen LogP contribution >= 0.6 is 0 Å². The lowest BCUT2D eigenvalue weighted by molar-refractivity contribution is -0.194. The Morgan fingerprint density at radius 1 is 1.04 bits per heavy atom. The first-order valence-electron chi connectivity index (χ1n) is 9.66. The molecule has 0 aliphatic heterocycles. The van der Waals surface area contributed by atoms with Crippen LogP contribution < -0.4 is 0 Å². The van der Waals surface area contributed by atoms with Crippen LogP contribution in [0.1, 0.15) is 67.7 Å². The maximum atomic E-state index is 11.9. The summed E-state index contributed by atoms with van der Waals surface area (Å²) in [5.74, 6) is -1.16. The predicted molar refractivity (Wildman–Crippen MR) is 99.6 cm³/mol. The van der Waals surface area contributed by atoms with Crippen LogP contribution in [0.15, 0.2) is 11.6 Å². The second-order valence-electron chi connectivity index (χ2n) is 8.55. The SMILES string of the molecule is CC(=O)O[C@@H]1CC(C(C)C)=C[C@@H]2[C@H](CC[C@@]2(C)OC(C)=O)[C@@]1(C)OC(C)=O. The second kappa shape index (κ2) is 7.64. The highest BCUT2D eigenvalue weighted by Crippen LogP contribution is 2.54. The molecule has 0 spiro atoms. The van der Waals surface area contributed by atoms with E-state index < -0.39 is 29.2 Å². The molecule has 0 aromatic rings. The first kappa shape index (κ1) is 21.5. The minimum absolute atomic E-state index is 0.119. The van der Waals surface area contributed by atoms with Gasteiger partial charge in [0.15, 0.2) is 0 Å². The number of carbonyl (C=O) groups is 3. The Bertz CT molecular complexity index is 651. The molecule has 5 atom stereocenters. The fourth-order valence-corrected chi connectivity index (χ4v) is 4.79. The van der Waals surface area contributed by atoms with Gasteiger partial charge < -0.3 is 14.2 Å². The van der Waals surface area contributed by atoms with Crippen LogP contribution in [0, 0.1) is 17.8 Å². The lowest BCUT2D eigenvalue weighted by Crippen LogP contribution is -2.53. The molecule has 0 aromatic carbocycles. The highest BCUT2D eigenvalue weighted by Gasteiger charge is 2.59. The Morgan fingerprint density at radius 3 is 2.11 bits per heavy atom.